The summed E-state index contributed by atoms with van der Waals surface area (Å²) in [5.74, 6) is -1.30. The van der Waals surface area contributed by atoms with E-state index in [1.165, 1.54) is 17.0 Å². The number of halogens is 3. The standard InChI is InChI=1S/C17H19F3N2O4/c18-17(19,20)12-2-1-3-13(7-12)22-9-11(6-15(22)23)16(24)21-8-14-10-25-4-5-26-14/h1-3,7,11,14H,4-6,8-10H2,(H,21,24)/t11-,14-/m1/s1. The molecule has 2 aliphatic heterocycles. The van der Waals surface area contributed by atoms with Crippen molar-refractivity contribution < 1.29 is 32.2 Å². The first-order valence-corrected chi connectivity index (χ1v) is 8.29. The number of anilines is 1. The maximum Gasteiger partial charge on any atom is 0.416 e. The number of ether oxygens (including phenoxy) is 2. The number of benzene rings is 1. The van der Waals surface area contributed by atoms with Crippen molar-refractivity contribution in [1.29, 1.82) is 0 Å². The van der Waals surface area contributed by atoms with Crippen molar-refractivity contribution in [2.45, 2.75) is 18.7 Å². The zero-order valence-electron chi connectivity index (χ0n) is 13.9. The fraction of sp³-hybridized carbons (Fsp3) is 0.529. The molecule has 2 saturated heterocycles. The first kappa shape index (κ1) is 18.7. The number of carbonyl (C=O) groups is 2. The Labute approximate surface area is 148 Å². The lowest BCUT2D eigenvalue weighted by Gasteiger charge is -2.23. The number of rotatable bonds is 4. The summed E-state index contributed by atoms with van der Waals surface area (Å²) in [4.78, 5) is 25.7. The van der Waals surface area contributed by atoms with Crippen LogP contribution in [0.25, 0.3) is 0 Å². The molecule has 0 bridgehead atoms. The number of nitrogens with one attached hydrogen (secondary N) is 1. The number of alkyl halides is 3. The summed E-state index contributed by atoms with van der Waals surface area (Å²) < 4.78 is 49.2. The molecule has 2 aliphatic rings. The van der Waals surface area contributed by atoms with Crippen molar-refractivity contribution in [2.75, 3.05) is 37.8 Å². The summed E-state index contributed by atoms with van der Waals surface area (Å²) in [6.45, 7) is 1.70. The molecule has 1 aromatic carbocycles. The Hall–Kier alpha value is -2.13. The fourth-order valence-electron chi connectivity index (χ4n) is 3.00. The third kappa shape index (κ3) is 4.34. The van der Waals surface area contributed by atoms with Crippen LogP contribution in [-0.4, -0.2) is 50.8 Å². The molecule has 2 heterocycles. The van der Waals surface area contributed by atoms with Crippen molar-refractivity contribution in [3.05, 3.63) is 29.8 Å². The van der Waals surface area contributed by atoms with E-state index < -0.39 is 17.7 Å². The predicted molar refractivity (Wildman–Crippen MR) is 85.5 cm³/mol. The minimum absolute atomic E-state index is 0.0376. The van der Waals surface area contributed by atoms with Crippen LogP contribution in [0.1, 0.15) is 12.0 Å². The van der Waals surface area contributed by atoms with Gasteiger partial charge in [-0.2, -0.15) is 13.2 Å². The van der Waals surface area contributed by atoms with Crippen LogP contribution in [0, 0.1) is 5.92 Å². The minimum Gasteiger partial charge on any atom is -0.376 e. The van der Waals surface area contributed by atoms with Crippen molar-refractivity contribution in [3.8, 4) is 0 Å². The van der Waals surface area contributed by atoms with Gasteiger partial charge in [-0.15, -0.1) is 0 Å². The van der Waals surface area contributed by atoms with Gasteiger partial charge in [-0.05, 0) is 18.2 Å². The zero-order chi connectivity index (χ0) is 18.7. The topological polar surface area (TPSA) is 67.9 Å². The van der Waals surface area contributed by atoms with Gasteiger partial charge in [0.15, 0.2) is 0 Å². The van der Waals surface area contributed by atoms with Crippen molar-refractivity contribution in [1.82, 2.24) is 5.32 Å². The van der Waals surface area contributed by atoms with Gasteiger partial charge in [-0.3, -0.25) is 9.59 Å². The molecule has 0 aromatic heterocycles. The third-order valence-corrected chi connectivity index (χ3v) is 4.37. The Balaban J connectivity index is 1.60. The maximum atomic E-state index is 12.8. The van der Waals surface area contributed by atoms with E-state index in [-0.39, 0.29) is 43.1 Å². The Morgan fingerprint density at radius 3 is 2.81 bits per heavy atom. The lowest BCUT2D eigenvalue weighted by molar-refractivity contribution is -0.137. The largest absolute Gasteiger partial charge is 0.416 e. The highest BCUT2D eigenvalue weighted by atomic mass is 19.4. The molecule has 2 fully saturated rings. The van der Waals surface area contributed by atoms with Crippen LogP contribution >= 0.6 is 0 Å². The molecule has 3 rings (SSSR count). The highest BCUT2D eigenvalue weighted by Gasteiger charge is 2.37. The molecule has 0 aliphatic carbocycles. The van der Waals surface area contributed by atoms with Crippen LogP contribution in [0.3, 0.4) is 0 Å². The van der Waals surface area contributed by atoms with E-state index >= 15 is 0 Å². The minimum atomic E-state index is -4.49. The Morgan fingerprint density at radius 2 is 2.12 bits per heavy atom. The van der Waals surface area contributed by atoms with Gasteiger partial charge in [0.05, 0.1) is 37.4 Å². The van der Waals surface area contributed by atoms with E-state index in [9.17, 15) is 22.8 Å². The molecule has 0 spiro atoms. The molecule has 1 N–H and O–H groups in total. The van der Waals surface area contributed by atoms with Gasteiger partial charge in [0, 0.05) is 25.2 Å². The second-order valence-corrected chi connectivity index (χ2v) is 6.27. The smallest absolute Gasteiger partial charge is 0.376 e. The van der Waals surface area contributed by atoms with E-state index in [2.05, 4.69) is 5.32 Å². The number of hydrogen-bond donors (Lipinski definition) is 1. The second kappa shape index (κ2) is 7.63. The number of amides is 2. The summed E-state index contributed by atoms with van der Waals surface area (Å²) >= 11 is 0. The molecule has 0 unspecified atom stereocenters. The van der Waals surface area contributed by atoms with Gasteiger partial charge in [-0.1, -0.05) is 6.07 Å². The quantitative estimate of drug-likeness (QED) is 0.872. The summed E-state index contributed by atoms with van der Waals surface area (Å²) in [5.41, 5.74) is -0.686. The SMILES string of the molecule is O=C(NC[C@@H]1COCCO1)[C@@H]1CC(=O)N(c2cccc(C(F)(F)F)c2)C1. The molecule has 26 heavy (non-hydrogen) atoms. The molecule has 9 heteroatoms. The Kier molecular flexibility index (Phi) is 5.47. The highest BCUT2D eigenvalue weighted by Crippen LogP contribution is 2.33. The van der Waals surface area contributed by atoms with Crippen molar-refractivity contribution in [2.24, 2.45) is 5.92 Å². The molecule has 2 amide bonds. The maximum absolute atomic E-state index is 12.8. The van der Waals surface area contributed by atoms with E-state index in [0.29, 0.717) is 19.8 Å². The molecule has 142 valence electrons. The lowest BCUT2D eigenvalue weighted by Crippen LogP contribution is -2.42. The predicted octanol–water partition coefficient (Wildman–Crippen LogP) is 1.59. The van der Waals surface area contributed by atoms with E-state index in [1.807, 2.05) is 0 Å². The lowest BCUT2D eigenvalue weighted by atomic mass is 10.1. The van der Waals surface area contributed by atoms with Crippen LogP contribution in [0.4, 0.5) is 18.9 Å². The van der Waals surface area contributed by atoms with Crippen LogP contribution in [0.15, 0.2) is 24.3 Å². The zero-order valence-corrected chi connectivity index (χ0v) is 13.9. The Bertz CT molecular complexity index is 674. The van der Waals surface area contributed by atoms with Crippen LogP contribution < -0.4 is 10.2 Å². The summed E-state index contributed by atoms with van der Waals surface area (Å²) in [5, 5.41) is 2.72. The molecule has 6 nitrogen and oxygen atoms in total. The van der Waals surface area contributed by atoms with Gasteiger partial charge in [0.25, 0.3) is 0 Å². The van der Waals surface area contributed by atoms with Crippen molar-refractivity contribution in [3.63, 3.8) is 0 Å². The first-order valence-electron chi connectivity index (χ1n) is 8.29. The van der Waals surface area contributed by atoms with Crippen molar-refractivity contribution >= 4 is 17.5 Å². The van der Waals surface area contributed by atoms with Gasteiger partial charge in [0.2, 0.25) is 11.8 Å². The van der Waals surface area contributed by atoms with E-state index in [1.54, 1.807) is 0 Å². The van der Waals surface area contributed by atoms with Crippen LogP contribution in [0.5, 0.6) is 0 Å². The first-order chi connectivity index (χ1) is 12.3. The van der Waals surface area contributed by atoms with Crippen LogP contribution in [0.2, 0.25) is 0 Å². The number of nitrogens with zero attached hydrogens (tertiary/aromatic N) is 1. The summed E-state index contributed by atoms with van der Waals surface area (Å²) in [6, 6.07) is 4.55. The second-order valence-electron chi connectivity index (χ2n) is 6.27. The summed E-state index contributed by atoms with van der Waals surface area (Å²) in [7, 11) is 0. The summed E-state index contributed by atoms with van der Waals surface area (Å²) in [6.07, 6.45) is -4.76. The van der Waals surface area contributed by atoms with Gasteiger partial charge in [-0.25, -0.2) is 0 Å². The molecule has 2 atom stereocenters. The van der Waals surface area contributed by atoms with E-state index in [4.69, 9.17) is 9.47 Å². The average Bonchev–Trinajstić information content (AvgIpc) is 3.02. The van der Waals surface area contributed by atoms with Gasteiger partial charge < -0.3 is 19.7 Å². The number of carbonyl (C=O) groups excluding carboxylic acids is 2. The Morgan fingerprint density at radius 1 is 1.31 bits per heavy atom. The molecule has 1 aromatic rings. The van der Waals surface area contributed by atoms with Gasteiger partial charge in [0.1, 0.15) is 0 Å². The monoisotopic (exact) mass is 372 g/mol. The molecule has 0 saturated carbocycles. The average molecular weight is 372 g/mol. The normalized spacial score (nSPS) is 24.0. The number of hydrogen-bond acceptors (Lipinski definition) is 4. The van der Waals surface area contributed by atoms with Gasteiger partial charge >= 0.3 is 6.18 Å². The van der Waals surface area contributed by atoms with E-state index in [0.717, 1.165) is 12.1 Å². The molecular formula is C17H19F3N2O4. The highest BCUT2D eigenvalue weighted by molar-refractivity contribution is 6.00. The molecular weight excluding hydrogens is 353 g/mol. The molecule has 0 radical (unpaired) electrons. The fourth-order valence-corrected chi connectivity index (χ4v) is 3.00. The van der Waals surface area contributed by atoms with Crippen LogP contribution in [-0.2, 0) is 25.2 Å². The third-order valence-electron chi connectivity index (χ3n) is 4.37.